The van der Waals surface area contributed by atoms with Crippen LogP contribution in [0.4, 0.5) is 5.82 Å². The Kier molecular flexibility index (Phi) is 7.42. The van der Waals surface area contributed by atoms with Crippen molar-refractivity contribution in [3.8, 4) is 0 Å². The Labute approximate surface area is 190 Å². The largest absolute Gasteiger partial charge is 0.377 e. The molecule has 2 aromatic heterocycles. The van der Waals surface area contributed by atoms with E-state index in [0.717, 1.165) is 17.7 Å². The molecule has 1 saturated heterocycles. The van der Waals surface area contributed by atoms with Gasteiger partial charge in [0.2, 0.25) is 5.91 Å². The van der Waals surface area contributed by atoms with E-state index in [1.165, 1.54) is 24.2 Å². The number of nitrogens with zero attached hydrogens (tertiary/aromatic N) is 1. The molecule has 3 N–H and O–H groups in total. The molecule has 0 radical (unpaired) electrons. The molecular weight excluding hydrogens is 436 g/mol. The predicted octanol–water partition coefficient (Wildman–Crippen LogP) is 3.60. The van der Waals surface area contributed by atoms with Crippen LogP contribution in [-0.2, 0) is 16.1 Å². The maximum absolute atomic E-state index is 12.9. The van der Waals surface area contributed by atoms with Gasteiger partial charge in [0.15, 0.2) is 0 Å². The topological polar surface area (TPSA) is 92.4 Å². The van der Waals surface area contributed by atoms with Gasteiger partial charge in [-0.2, -0.15) is 0 Å². The molecule has 2 amide bonds. The highest BCUT2D eigenvalue weighted by molar-refractivity contribution is 7.14. The smallest absolute Gasteiger partial charge is 0.262 e. The van der Waals surface area contributed by atoms with Crippen LogP contribution in [0.25, 0.3) is 0 Å². The summed E-state index contributed by atoms with van der Waals surface area (Å²) in [5, 5.41) is 9.79. The number of halogens is 1. The maximum atomic E-state index is 12.9. The van der Waals surface area contributed by atoms with E-state index in [0.29, 0.717) is 47.8 Å². The Bertz CT molecular complexity index is 912. The molecule has 166 valence electrons. The van der Waals surface area contributed by atoms with Crippen molar-refractivity contribution in [3.63, 3.8) is 0 Å². The summed E-state index contributed by atoms with van der Waals surface area (Å²) in [5.74, 6) is 0.848. The van der Waals surface area contributed by atoms with Crippen molar-refractivity contribution < 1.29 is 14.3 Å². The van der Waals surface area contributed by atoms with Gasteiger partial charge in [0.25, 0.3) is 5.91 Å². The van der Waals surface area contributed by atoms with Crippen molar-refractivity contribution in [1.29, 1.82) is 0 Å². The van der Waals surface area contributed by atoms with Crippen LogP contribution in [-0.4, -0.2) is 42.1 Å². The van der Waals surface area contributed by atoms with Crippen molar-refractivity contribution in [3.05, 3.63) is 45.2 Å². The van der Waals surface area contributed by atoms with Crippen LogP contribution in [0.2, 0.25) is 5.02 Å². The van der Waals surface area contributed by atoms with E-state index >= 15 is 0 Å². The molecule has 2 aliphatic rings. The van der Waals surface area contributed by atoms with Gasteiger partial charge in [0.1, 0.15) is 11.9 Å². The van der Waals surface area contributed by atoms with E-state index in [9.17, 15) is 9.59 Å². The van der Waals surface area contributed by atoms with E-state index in [2.05, 4.69) is 20.9 Å². The van der Waals surface area contributed by atoms with Crippen molar-refractivity contribution in [2.45, 2.75) is 50.7 Å². The molecule has 0 aromatic carbocycles. The second kappa shape index (κ2) is 10.4. The third-order valence-electron chi connectivity index (χ3n) is 5.70. The van der Waals surface area contributed by atoms with Crippen LogP contribution in [0.15, 0.2) is 30.5 Å². The fourth-order valence-corrected chi connectivity index (χ4v) is 4.95. The number of ether oxygens (including phenoxy) is 1. The molecular formula is C22H27ClN4O3S. The Morgan fingerprint density at radius 1 is 1.23 bits per heavy atom. The summed E-state index contributed by atoms with van der Waals surface area (Å²) < 4.78 is 5.15. The van der Waals surface area contributed by atoms with Gasteiger partial charge in [0.05, 0.1) is 30.7 Å². The number of rotatable bonds is 9. The summed E-state index contributed by atoms with van der Waals surface area (Å²) >= 11 is 7.38. The molecule has 2 aromatic rings. The van der Waals surface area contributed by atoms with Crippen LogP contribution >= 0.6 is 22.9 Å². The molecule has 1 aliphatic carbocycles. The molecule has 1 saturated carbocycles. The molecule has 31 heavy (non-hydrogen) atoms. The third-order valence-corrected chi connectivity index (χ3v) is 7.02. The van der Waals surface area contributed by atoms with E-state index in [4.69, 9.17) is 16.3 Å². The van der Waals surface area contributed by atoms with Gasteiger partial charge in [-0.05, 0) is 36.6 Å². The first-order valence-corrected chi connectivity index (χ1v) is 11.9. The van der Waals surface area contributed by atoms with Crippen LogP contribution in [0.1, 0.15) is 46.7 Å². The van der Waals surface area contributed by atoms with Crippen LogP contribution in [0.5, 0.6) is 0 Å². The van der Waals surface area contributed by atoms with Gasteiger partial charge in [-0.3, -0.25) is 9.59 Å². The number of hydrogen-bond donors (Lipinski definition) is 3. The first-order valence-electron chi connectivity index (χ1n) is 10.7. The van der Waals surface area contributed by atoms with Gasteiger partial charge >= 0.3 is 0 Å². The van der Waals surface area contributed by atoms with Crippen molar-refractivity contribution >= 4 is 40.6 Å². The van der Waals surface area contributed by atoms with Crippen LogP contribution in [0, 0.1) is 5.92 Å². The zero-order chi connectivity index (χ0) is 21.6. The average molecular weight is 463 g/mol. The highest BCUT2D eigenvalue weighted by atomic mass is 35.5. The summed E-state index contributed by atoms with van der Waals surface area (Å²) in [6.07, 6.45) is 6.98. The highest BCUT2D eigenvalue weighted by Crippen LogP contribution is 2.29. The van der Waals surface area contributed by atoms with Gasteiger partial charge < -0.3 is 20.7 Å². The fraction of sp³-hybridized carbons (Fsp3) is 0.500. The monoisotopic (exact) mass is 462 g/mol. The summed E-state index contributed by atoms with van der Waals surface area (Å²) in [4.78, 5) is 31.5. The molecule has 7 nitrogen and oxygen atoms in total. The second-order valence-corrected chi connectivity index (χ2v) is 9.74. The lowest BCUT2D eigenvalue weighted by Gasteiger charge is -2.29. The lowest BCUT2D eigenvalue weighted by molar-refractivity contribution is -0.127. The Balaban J connectivity index is 1.35. The predicted molar refractivity (Wildman–Crippen MR) is 121 cm³/mol. The Hall–Kier alpha value is -2.16. The normalized spacial score (nSPS) is 17.7. The second-order valence-electron chi connectivity index (χ2n) is 8.13. The Morgan fingerprint density at radius 2 is 2.03 bits per heavy atom. The van der Waals surface area contributed by atoms with Gasteiger partial charge in [0, 0.05) is 16.1 Å². The number of nitrogens with one attached hydrogen (secondary N) is 3. The summed E-state index contributed by atoms with van der Waals surface area (Å²) in [6, 6.07) is 6.71. The number of anilines is 1. The number of hydrogen-bond acceptors (Lipinski definition) is 6. The van der Waals surface area contributed by atoms with Crippen LogP contribution < -0.4 is 16.0 Å². The zero-order valence-electron chi connectivity index (χ0n) is 17.2. The highest BCUT2D eigenvalue weighted by Gasteiger charge is 2.30. The van der Waals surface area contributed by atoms with Gasteiger partial charge in [-0.25, -0.2) is 4.98 Å². The van der Waals surface area contributed by atoms with E-state index in [1.807, 2.05) is 6.07 Å². The Morgan fingerprint density at radius 3 is 2.74 bits per heavy atom. The van der Waals surface area contributed by atoms with Crippen LogP contribution in [0.3, 0.4) is 0 Å². The molecule has 1 atom stereocenters. The van der Waals surface area contributed by atoms with Crippen molar-refractivity contribution in [2.24, 2.45) is 5.92 Å². The first-order chi connectivity index (χ1) is 15.1. The van der Waals surface area contributed by atoms with E-state index in [-0.39, 0.29) is 17.9 Å². The van der Waals surface area contributed by atoms with E-state index in [1.54, 1.807) is 24.4 Å². The number of amides is 2. The lowest BCUT2D eigenvalue weighted by Crippen LogP contribution is -2.55. The number of carbonyl (C=O) groups excluding carboxylic acids is 2. The lowest BCUT2D eigenvalue weighted by atomic mass is 9.97. The summed E-state index contributed by atoms with van der Waals surface area (Å²) in [6.45, 7) is 1.62. The fourth-order valence-electron chi connectivity index (χ4n) is 3.94. The van der Waals surface area contributed by atoms with Gasteiger partial charge in [-0.15, -0.1) is 11.3 Å². The number of aromatic nitrogens is 1. The van der Waals surface area contributed by atoms with E-state index < -0.39 is 6.04 Å². The molecule has 9 heteroatoms. The quantitative estimate of drug-likeness (QED) is 0.529. The third kappa shape index (κ3) is 6.18. The minimum absolute atomic E-state index is 0.0509. The minimum Gasteiger partial charge on any atom is -0.377 e. The SMILES string of the molecule is O=C(NC(CC1CCCC1)C(=O)NC1COC1)c1ccc(CNc2cc(Cl)ccn2)s1. The van der Waals surface area contributed by atoms with Gasteiger partial charge in [-0.1, -0.05) is 37.3 Å². The number of pyridine rings is 1. The molecule has 1 unspecified atom stereocenters. The molecule has 3 heterocycles. The number of thiophene rings is 1. The standard InChI is InChI=1S/C22H27ClN4O3S/c23-15-7-8-24-20(10-15)25-11-17-5-6-19(31-17)22(29)27-18(9-14-3-1-2-4-14)21(28)26-16-12-30-13-16/h5-8,10,14,16,18H,1-4,9,11-13H2,(H,24,25)(H,26,28)(H,27,29). The maximum Gasteiger partial charge on any atom is 0.262 e. The zero-order valence-corrected chi connectivity index (χ0v) is 18.8. The first kappa shape index (κ1) is 22.0. The number of carbonyl (C=O) groups is 2. The molecule has 0 spiro atoms. The molecule has 1 aliphatic heterocycles. The van der Waals surface area contributed by atoms with Crippen molar-refractivity contribution in [1.82, 2.24) is 15.6 Å². The minimum atomic E-state index is -0.518. The molecule has 4 rings (SSSR count). The molecule has 2 fully saturated rings. The summed E-state index contributed by atoms with van der Waals surface area (Å²) in [5.41, 5.74) is 0. The summed E-state index contributed by atoms with van der Waals surface area (Å²) in [7, 11) is 0. The van der Waals surface area contributed by atoms with Crippen molar-refractivity contribution in [2.75, 3.05) is 18.5 Å². The average Bonchev–Trinajstić information content (AvgIpc) is 3.40. The molecule has 0 bridgehead atoms.